The fourth-order valence-corrected chi connectivity index (χ4v) is 6.66. The smallest absolute Gasteiger partial charge is 0.303 e. The van der Waals surface area contributed by atoms with Crippen LogP contribution in [0.1, 0.15) is 60.8 Å². The molecule has 0 aromatic heterocycles. The maximum atomic E-state index is 13.6. The number of Topliss-reactive ketones (excluding diaryl/α,β-unsaturated/α-hetero) is 1. The Hall–Kier alpha value is -1.28. The van der Waals surface area contributed by atoms with Crippen molar-refractivity contribution < 1.29 is 34.4 Å². The molecule has 0 aromatic rings. The van der Waals surface area contributed by atoms with Gasteiger partial charge in [-0.1, -0.05) is 26.8 Å². The molecule has 0 aromatic carbocycles. The van der Waals surface area contributed by atoms with Crippen LogP contribution in [0.15, 0.2) is 12.7 Å². The first-order valence-corrected chi connectivity index (χ1v) is 10.2. The summed E-state index contributed by atoms with van der Waals surface area (Å²) in [6, 6.07) is 0. The third kappa shape index (κ3) is 2.63. The lowest BCUT2D eigenvalue weighted by Crippen LogP contribution is -2.86. The van der Waals surface area contributed by atoms with Gasteiger partial charge in [0.25, 0.3) is 0 Å². The first kappa shape index (κ1) is 22.4. The van der Waals surface area contributed by atoms with Crippen LogP contribution in [0.3, 0.4) is 0 Å². The van der Waals surface area contributed by atoms with Gasteiger partial charge in [0.2, 0.25) is 0 Å². The number of rotatable bonds is 2. The number of esters is 1. The second-order valence-corrected chi connectivity index (χ2v) is 10.4. The van der Waals surface area contributed by atoms with Crippen molar-refractivity contribution in [2.45, 2.75) is 95.9 Å². The standard InChI is InChI=1S/C22H34O7/c1-8-19(5)11-14(25)22(27)20(6)13(24)9-10-18(3,4)16(20)15(26)17(28-12(2)23)21(22,7)29-19/h8,13,15-17,24,26-27H,1,9-11H2,2-7H3/t13-,15+,16-,17+,19?,20+,21-,22-/m1/s1. The van der Waals surface area contributed by atoms with Gasteiger partial charge in [-0.05, 0) is 32.1 Å². The van der Waals surface area contributed by atoms with Gasteiger partial charge in [0, 0.05) is 24.7 Å². The van der Waals surface area contributed by atoms with E-state index in [1.807, 2.05) is 13.8 Å². The maximum absolute atomic E-state index is 13.6. The van der Waals surface area contributed by atoms with Crippen molar-refractivity contribution >= 4 is 11.8 Å². The molecule has 2 aliphatic carbocycles. The molecule has 1 saturated heterocycles. The normalized spacial score (nSPS) is 51.6. The van der Waals surface area contributed by atoms with Crippen LogP contribution in [0.2, 0.25) is 0 Å². The zero-order valence-corrected chi connectivity index (χ0v) is 18.2. The van der Waals surface area contributed by atoms with E-state index in [9.17, 15) is 24.9 Å². The van der Waals surface area contributed by atoms with Crippen LogP contribution in [0, 0.1) is 16.7 Å². The van der Waals surface area contributed by atoms with Crippen LogP contribution in [0.5, 0.6) is 0 Å². The number of hydrogen-bond acceptors (Lipinski definition) is 7. The quantitative estimate of drug-likeness (QED) is 0.467. The largest absolute Gasteiger partial charge is 0.457 e. The summed E-state index contributed by atoms with van der Waals surface area (Å²) in [5.41, 5.74) is -7.00. The van der Waals surface area contributed by atoms with E-state index in [0.717, 1.165) is 0 Å². The van der Waals surface area contributed by atoms with Gasteiger partial charge < -0.3 is 24.8 Å². The first-order valence-electron chi connectivity index (χ1n) is 10.2. The second kappa shape index (κ2) is 6.36. The third-order valence-corrected chi connectivity index (χ3v) is 8.02. The topological polar surface area (TPSA) is 113 Å². The van der Waals surface area contributed by atoms with Crippen molar-refractivity contribution in [1.82, 2.24) is 0 Å². The zero-order valence-electron chi connectivity index (χ0n) is 18.2. The van der Waals surface area contributed by atoms with Crippen molar-refractivity contribution in [1.29, 1.82) is 0 Å². The van der Waals surface area contributed by atoms with E-state index in [4.69, 9.17) is 9.47 Å². The summed E-state index contributed by atoms with van der Waals surface area (Å²) in [6.45, 7) is 13.6. The van der Waals surface area contributed by atoms with Gasteiger partial charge in [0.15, 0.2) is 17.5 Å². The van der Waals surface area contributed by atoms with Crippen LogP contribution in [0.25, 0.3) is 0 Å². The van der Waals surface area contributed by atoms with Gasteiger partial charge in [0.1, 0.15) is 5.60 Å². The van der Waals surface area contributed by atoms with Crippen LogP contribution < -0.4 is 0 Å². The van der Waals surface area contributed by atoms with Crippen molar-refractivity contribution in [2.75, 3.05) is 0 Å². The van der Waals surface area contributed by atoms with E-state index < -0.39 is 63.6 Å². The van der Waals surface area contributed by atoms with Gasteiger partial charge in [0.05, 0.1) is 17.8 Å². The minimum atomic E-state index is -2.18. The van der Waals surface area contributed by atoms with Crippen LogP contribution in [-0.2, 0) is 19.1 Å². The Labute approximate surface area is 172 Å². The summed E-state index contributed by atoms with van der Waals surface area (Å²) in [4.78, 5) is 25.5. The number of aliphatic hydroxyl groups excluding tert-OH is 2. The second-order valence-electron chi connectivity index (χ2n) is 10.4. The molecule has 2 saturated carbocycles. The maximum Gasteiger partial charge on any atom is 0.303 e. The predicted molar refractivity (Wildman–Crippen MR) is 105 cm³/mol. The Bertz CT molecular complexity index is 747. The molecule has 0 amide bonds. The average molecular weight is 411 g/mol. The van der Waals surface area contributed by atoms with Crippen LogP contribution in [0.4, 0.5) is 0 Å². The molecule has 29 heavy (non-hydrogen) atoms. The lowest BCUT2D eigenvalue weighted by molar-refractivity contribution is -0.370. The van der Waals surface area contributed by atoms with Crippen molar-refractivity contribution in [3.05, 3.63) is 12.7 Å². The fraction of sp³-hybridized carbons (Fsp3) is 0.818. The summed E-state index contributed by atoms with van der Waals surface area (Å²) >= 11 is 0. The van der Waals surface area contributed by atoms with Crippen LogP contribution >= 0.6 is 0 Å². The van der Waals surface area contributed by atoms with Gasteiger partial charge in [-0.3, -0.25) is 9.59 Å². The van der Waals surface area contributed by atoms with Gasteiger partial charge in [-0.25, -0.2) is 0 Å². The minimum absolute atomic E-state index is 0.138. The molecule has 0 spiro atoms. The highest BCUT2D eigenvalue weighted by atomic mass is 16.6. The number of carbonyl (C=O) groups excluding carboxylic acids is 2. The Balaban J connectivity index is 2.33. The minimum Gasteiger partial charge on any atom is -0.457 e. The van der Waals surface area contributed by atoms with E-state index in [1.165, 1.54) is 19.9 Å². The summed E-state index contributed by atoms with van der Waals surface area (Å²) in [5.74, 6) is -1.87. The van der Waals surface area contributed by atoms with E-state index in [1.54, 1.807) is 13.8 Å². The highest BCUT2D eigenvalue weighted by Gasteiger charge is 2.81. The van der Waals surface area contributed by atoms with Crippen molar-refractivity contribution in [2.24, 2.45) is 16.7 Å². The first-order chi connectivity index (χ1) is 13.1. The molecule has 0 radical (unpaired) electrons. The molecule has 0 bridgehead atoms. The molecule has 1 unspecified atom stereocenters. The summed E-state index contributed by atoms with van der Waals surface area (Å²) in [7, 11) is 0. The number of carbonyl (C=O) groups is 2. The van der Waals surface area contributed by atoms with E-state index in [0.29, 0.717) is 12.8 Å². The van der Waals surface area contributed by atoms with Gasteiger partial charge in [-0.2, -0.15) is 0 Å². The zero-order chi connectivity index (χ0) is 22.2. The summed E-state index contributed by atoms with van der Waals surface area (Å²) < 4.78 is 11.8. The summed E-state index contributed by atoms with van der Waals surface area (Å²) in [6.07, 6.45) is -1.29. The molecular formula is C22H34O7. The van der Waals surface area contributed by atoms with E-state index in [-0.39, 0.29) is 6.42 Å². The molecule has 164 valence electrons. The number of fused-ring (bicyclic) bond motifs is 3. The highest BCUT2D eigenvalue weighted by Crippen LogP contribution is 2.66. The van der Waals surface area contributed by atoms with E-state index >= 15 is 0 Å². The fourth-order valence-electron chi connectivity index (χ4n) is 6.66. The molecular weight excluding hydrogens is 376 g/mol. The number of ketones is 1. The number of hydrogen-bond donors (Lipinski definition) is 3. The molecule has 8 atom stereocenters. The molecule has 3 fully saturated rings. The van der Waals surface area contributed by atoms with Crippen LogP contribution in [-0.4, -0.2) is 62.2 Å². The Morgan fingerprint density at radius 1 is 1.24 bits per heavy atom. The predicted octanol–water partition coefficient (Wildman–Crippen LogP) is 1.52. The van der Waals surface area contributed by atoms with Gasteiger partial charge in [-0.15, -0.1) is 6.58 Å². The van der Waals surface area contributed by atoms with Gasteiger partial charge >= 0.3 is 5.97 Å². The third-order valence-electron chi connectivity index (χ3n) is 8.02. The van der Waals surface area contributed by atoms with Crippen molar-refractivity contribution in [3.63, 3.8) is 0 Å². The molecule has 1 heterocycles. The highest BCUT2D eigenvalue weighted by molar-refractivity contribution is 5.92. The van der Waals surface area contributed by atoms with E-state index in [2.05, 4.69) is 6.58 Å². The van der Waals surface area contributed by atoms with Crippen molar-refractivity contribution in [3.8, 4) is 0 Å². The monoisotopic (exact) mass is 410 g/mol. The Morgan fingerprint density at radius 2 is 1.83 bits per heavy atom. The molecule has 1 aliphatic heterocycles. The number of aliphatic hydroxyl groups is 3. The molecule has 3 rings (SSSR count). The average Bonchev–Trinajstić information content (AvgIpc) is 2.59. The summed E-state index contributed by atoms with van der Waals surface area (Å²) in [5, 5.41) is 34.7. The Kier molecular flexibility index (Phi) is 4.91. The molecule has 7 heteroatoms. The molecule has 3 aliphatic rings. The lowest BCUT2D eigenvalue weighted by Gasteiger charge is -2.71. The SMILES string of the molecule is C=CC1(C)CC(=O)[C@@]2(O)[C@@]3(C)[C@H](O)CCC(C)(C)[C@H]3[C@H](O)[C@H](OC(C)=O)[C@@]2(C)O1. The molecule has 7 nitrogen and oxygen atoms in total. The molecule has 3 N–H and O–H groups in total. The Morgan fingerprint density at radius 3 is 2.34 bits per heavy atom. The number of ether oxygens (including phenoxy) is 2. The lowest BCUT2D eigenvalue weighted by atomic mass is 9.40.